The largest absolute Gasteiger partial charge is 0.123 e. The summed E-state index contributed by atoms with van der Waals surface area (Å²) in [5.74, 6) is 0.658. The first-order chi connectivity index (χ1) is 11.3. The van der Waals surface area contributed by atoms with Crippen LogP contribution in [-0.2, 0) is 0 Å². The van der Waals surface area contributed by atoms with E-state index in [-0.39, 0.29) is 0 Å². The van der Waals surface area contributed by atoms with Crippen molar-refractivity contribution >= 4 is 34.8 Å². The Morgan fingerprint density at radius 2 is 1.09 bits per heavy atom. The van der Waals surface area contributed by atoms with Crippen molar-refractivity contribution in [3.8, 4) is 0 Å². The Bertz CT molecular complexity index is 696. The van der Waals surface area contributed by atoms with Crippen LogP contribution in [0, 0.1) is 6.92 Å². The summed E-state index contributed by atoms with van der Waals surface area (Å²) in [6.45, 7) is 2.14. The fourth-order valence-electron chi connectivity index (χ4n) is 3.13. The van der Waals surface area contributed by atoms with E-state index in [1.54, 1.807) is 0 Å². The summed E-state index contributed by atoms with van der Waals surface area (Å²) >= 11 is 6.29. The fraction of sp³-hybridized carbons (Fsp3) is 0.143. The molecule has 116 valence electrons. The van der Waals surface area contributed by atoms with Gasteiger partial charge < -0.3 is 0 Å². The van der Waals surface area contributed by atoms with Crippen LogP contribution in [0.1, 0.15) is 5.56 Å². The van der Waals surface area contributed by atoms with Gasteiger partial charge in [0.15, 0.2) is 0 Å². The molecule has 3 rings (SSSR count). The van der Waals surface area contributed by atoms with Gasteiger partial charge in [0.25, 0.3) is 0 Å². The van der Waals surface area contributed by atoms with E-state index in [9.17, 15) is 0 Å². The maximum absolute atomic E-state index is 6.29. The highest BCUT2D eigenvalue weighted by Gasteiger charge is 2.44. The maximum Gasteiger partial charge on any atom is 0.113 e. The molecule has 0 unspecified atom stereocenters. The van der Waals surface area contributed by atoms with Gasteiger partial charge in [-0.1, -0.05) is 54.1 Å². The molecule has 0 fully saturated rings. The van der Waals surface area contributed by atoms with Gasteiger partial charge in [-0.25, -0.2) is 0 Å². The monoisotopic (exact) mass is 339 g/mol. The van der Waals surface area contributed by atoms with Crippen LogP contribution in [0.15, 0.2) is 84.9 Å². The summed E-state index contributed by atoms with van der Waals surface area (Å²) in [7, 11) is -1.71. The first-order valence-electron chi connectivity index (χ1n) is 7.90. The second-order valence-electron chi connectivity index (χ2n) is 5.73. The Kier molecular flexibility index (Phi) is 5.16. The van der Waals surface area contributed by atoms with Crippen molar-refractivity contribution in [3.63, 3.8) is 0 Å². The van der Waals surface area contributed by atoms with Crippen LogP contribution in [0.5, 0.6) is 0 Å². The highest BCUT2D eigenvalue weighted by Crippen LogP contribution is 2.55. The van der Waals surface area contributed by atoms with Crippen molar-refractivity contribution in [1.29, 1.82) is 0 Å². The van der Waals surface area contributed by atoms with Gasteiger partial charge >= 0.3 is 0 Å². The lowest BCUT2D eigenvalue weighted by Crippen LogP contribution is -2.33. The van der Waals surface area contributed by atoms with E-state index in [0.29, 0.717) is 5.88 Å². The number of aryl methyl sites for hydroxylation is 1. The highest BCUT2D eigenvalue weighted by atomic mass is 35.5. The molecule has 0 spiro atoms. The van der Waals surface area contributed by atoms with Gasteiger partial charge in [-0.05, 0) is 43.3 Å². The molecule has 0 aromatic heterocycles. The minimum atomic E-state index is -1.71. The molecule has 0 aliphatic rings. The second kappa shape index (κ2) is 7.30. The quantitative estimate of drug-likeness (QED) is 0.473. The molecule has 0 amide bonds. The fourth-order valence-corrected chi connectivity index (χ4v) is 7.83. The van der Waals surface area contributed by atoms with Crippen LogP contribution < -0.4 is 15.9 Å². The minimum Gasteiger partial charge on any atom is -0.123 e. The predicted molar refractivity (Wildman–Crippen MR) is 105 cm³/mol. The smallest absolute Gasteiger partial charge is 0.113 e. The lowest BCUT2D eigenvalue weighted by molar-refractivity contribution is 1.47. The third-order valence-electron chi connectivity index (χ3n) is 4.29. The SMILES string of the molecule is Cc1ccc([P+](CCCl)(c2ccccc2)c2ccccc2)cc1. The third kappa shape index (κ3) is 3.20. The van der Waals surface area contributed by atoms with Gasteiger partial charge in [0.05, 0.1) is 12.0 Å². The number of alkyl halides is 1. The molecule has 0 heterocycles. The normalized spacial score (nSPS) is 11.4. The van der Waals surface area contributed by atoms with Crippen molar-refractivity contribution in [2.24, 2.45) is 0 Å². The first-order valence-corrected chi connectivity index (χ1v) is 10.4. The van der Waals surface area contributed by atoms with E-state index in [0.717, 1.165) is 6.16 Å². The summed E-state index contributed by atoms with van der Waals surface area (Å²) in [4.78, 5) is 0. The summed E-state index contributed by atoms with van der Waals surface area (Å²) < 4.78 is 0. The van der Waals surface area contributed by atoms with E-state index in [1.807, 2.05) is 0 Å². The average molecular weight is 340 g/mol. The van der Waals surface area contributed by atoms with E-state index < -0.39 is 7.26 Å². The van der Waals surface area contributed by atoms with Crippen molar-refractivity contribution in [3.05, 3.63) is 90.5 Å². The van der Waals surface area contributed by atoms with Crippen molar-refractivity contribution in [1.82, 2.24) is 0 Å². The number of hydrogen-bond acceptors (Lipinski definition) is 0. The highest BCUT2D eigenvalue weighted by molar-refractivity contribution is 7.95. The molecule has 0 aliphatic heterocycles. The predicted octanol–water partition coefficient (Wildman–Crippen LogP) is 4.53. The Balaban J connectivity index is 2.28. The van der Waals surface area contributed by atoms with Gasteiger partial charge in [-0.15, -0.1) is 11.6 Å². The molecule has 0 saturated carbocycles. The third-order valence-corrected chi connectivity index (χ3v) is 9.17. The number of benzene rings is 3. The topological polar surface area (TPSA) is 0 Å². The van der Waals surface area contributed by atoms with Crippen molar-refractivity contribution < 1.29 is 0 Å². The summed E-state index contributed by atoms with van der Waals surface area (Å²) in [6, 6.07) is 30.7. The maximum atomic E-state index is 6.29. The van der Waals surface area contributed by atoms with Crippen molar-refractivity contribution in [2.75, 3.05) is 12.0 Å². The summed E-state index contributed by atoms with van der Waals surface area (Å²) in [6.07, 6.45) is 0.978. The molecule has 0 bridgehead atoms. The van der Waals surface area contributed by atoms with Crippen LogP contribution in [-0.4, -0.2) is 12.0 Å². The van der Waals surface area contributed by atoms with Gasteiger partial charge in [-0.3, -0.25) is 0 Å². The van der Waals surface area contributed by atoms with E-state index >= 15 is 0 Å². The summed E-state index contributed by atoms with van der Waals surface area (Å²) in [5, 5.41) is 4.20. The van der Waals surface area contributed by atoms with E-state index in [2.05, 4.69) is 91.9 Å². The molecule has 0 nitrogen and oxygen atoms in total. The molecule has 23 heavy (non-hydrogen) atoms. The van der Waals surface area contributed by atoms with Crippen LogP contribution >= 0.6 is 18.9 Å². The zero-order valence-electron chi connectivity index (χ0n) is 13.3. The molecule has 0 atom stereocenters. The number of rotatable bonds is 5. The van der Waals surface area contributed by atoms with Crippen LogP contribution in [0.25, 0.3) is 0 Å². The Morgan fingerprint density at radius 1 is 0.652 bits per heavy atom. The summed E-state index contributed by atoms with van der Waals surface area (Å²) in [5.41, 5.74) is 1.29. The average Bonchev–Trinajstić information content (AvgIpc) is 2.62. The van der Waals surface area contributed by atoms with E-state index in [1.165, 1.54) is 21.5 Å². The Hall–Kier alpha value is -1.62. The molecule has 2 heteroatoms. The zero-order chi connectivity index (χ0) is 16.1. The second-order valence-corrected chi connectivity index (χ2v) is 9.72. The lowest BCUT2D eigenvalue weighted by atomic mass is 10.2. The zero-order valence-corrected chi connectivity index (χ0v) is 15.0. The Labute approximate surface area is 144 Å². The first kappa shape index (κ1) is 16.2. The minimum absolute atomic E-state index is 0.658. The van der Waals surface area contributed by atoms with Crippen molar-refractivity contribution in [2.45, 2.75) is 6.92 Å². The molecule has 0 aliphatic carbocycles. The number of hydrogen-bond donors (Lipinski definition) is 0. The van der Waals surface area contributed by atoms with Crippen LogP contribution in [0.2, 0.25) is 0 Å². The molecule has 0 saturated heterocycles. The molecular formula is C21H21ClP+. The standard InChI is InChI=1S/C21H21ClP/c1-18-12-14-21(15-13-18)23(17-16-22,19-8-4-2-5-9-19)20-10-6-3-7-11-20/h2-15H,16-17H2,1H3/q+1. The molecule has 0 N–H and O–H groups in total. The molecule has 0 radical (unpaired) electrons. The van der Waals surface area contributed by atoms with Crippen LogP contribution in [0.3, 0.4) is 0 Å². The van der Waals surface area contributed by atoms with E-state index in [4.69, 9.17) is 11.6 Å². The van der Waals surface area contributed by atoms with Gasteiger partial charge in [-0.2, -0.15) is 0 Å². The molecular weight excluding hydrogens is 319 g/mol. The molecule has 3 aromatic rings. The number of halogens is 1. The van der Waals surface area contributed by atoms with Gasteiger partial charge in [0.2, 0.25) is 0 Å². The van der Waals surface area contributed by atoms with Gasteiger partial charge in [0, 0.05) is 0 Å². The lowest BCUT2D eigenvalue weighted by Gasteiger charge is -2.27. The molecule has 3 aromatic carbocycles. The van der Waals surface area contributed by atoms with Gasteiger partial charge in [0.1, 0.15) is 23.2 Å². The Morgan fingerprint density at radius 3 is 1.52 bits per heavy atom. The van der Waals surface area contributed by atoms with Crippen LogP contribution in [0.4, 0.5) is 0 Å².